The Morgan fingerprint density at radius 3 is 2.57 bits per heavy atom. The van der Waals surface area contributed by atoms with Crippen LogP contribution in [0.5, 0.6) is 0 Å². The van der Waals surface area contributed by atoms with Crippen LogP contribution >= 0.6 is 0 Å². The number of carbonyl (C=O) groups excluding carboxylic acids is 1. The quantitative estimate of drug-likeness (QED) is 0.810. The molecule has 2 atom stereocenters. The molecule has 21 heavy (non-hydrogen) atoms. The summed E-state index contributed by atoms with van der Waals surface area (Å²) in [7, 11) is 1.59. The van der Waals surface area contributed by atoms with E-state index in [2.05, 4.69) is 17.4 Å². The van der Waals surface area contributed by atoms with E-state index in [1.165, 1.54) is 31.2 Å². The molecule has 1 saturated carbocycles. The third kappa shape index (κ3) is 4.55. The van der Waals surface area contributed by atoms with Gasteiger partial charge in [0.2, 0.25) is 5.91 Å². The minimum absolute atomic E-state index is 0.0213. The topological polar surface area (TPSA) is 64.3 Å². The van der Waals surface area contributed by atoms with Crippen LogP contribution in [0.2, 0.25) is 0 Å². The predicted molar refractivity (Wildman–Crippen MR) is 83.8 cm³/mol. The first-order valence-electron chi connectivity index (χ1n) is 7.81. The van der Waals surface area contributed by atoms with Gasteiger partial charge in [0.1, 0.15) is 0 Å². The first-order chi connectivity index (χ1) is 10.2. The second-order valence-corrected chi connectivity index (χ2v) is 5.80. The van der Waals surface area contributed by atoms with Gasteiger partial charge in [-0.2, -0.15) is 0 Å². The van der Waals surface area contributed by atoms with Crippen molar-refractivity contribution in [2.75, 3.05) is 13.7 Å². The van der Waals surface area contributed by atoms with Crippen molar-refractivity contribution in [1.29, 1.82) is 0 Å². The molecule has 1 aliphatic carbocycles. The molecule has 0 spiro atoms. The van der Waals surface area contributed by atoms with E-state index in [1.54, 1.807) is 7.11 Å². The lowest BCUT2D eigenvalue weighted by molar-refractivity contribution is -0.124. The normalized spacial score (nSPS) is 18.4. The summed E-state index contributed by atoms with van der Waals surface area (Å²) in [6, 6.07) is 10.4. The predicted octanol–water partition coefficient (Wildman–Crippen LogP) is 2.40. The Hall–Kier alpha value is -1.39. The summed E-state index contributed by atoms with van der Waals surface area (Å²) in [4.78, 5) is 12.3. The van der Waals surface area contributed by atoms with Crippen LogP contribution in [0.4, 0.5) is 0 Å². The van der Waals surface area contributed by atoms with Gasteiger partial charge in [-0.25, -0.2) is 0 Å². The molecule has 4 nitrogen and oxygen atoms in total. The third-order valence-corrected chi connectivity index (χ3v) is 4.36. The van der Waals surface area contributed by atoms with Gasteiger partial charge in [-0.05, 0) is 24.3 Å². The molecule has 116 valence electrons. The van der Waals surface area contributed by atoms with Gasteiger partial charge >= 0.3 is 0 Å². The molecule has 1 aromatic carbocycles. The number of hydrogen-bond acceptors (Lipinski definition) is 3. The summed E-state index contributed by atoms with van der Waals surface area (Å²) >= 11 is 0. The summed E-state index contributed by atoms with van der Waals surface area (Å²) < 4.78 is 5.20. The number of methoxy groups -OCH3 is 1. The van der Waals surface area contributed by atoms with Gasteiger partial charge < -0.3 is 15.8 Å². The van der Waals surface area contributed by atoms with Gasteiger partial charge in [-0.3, -0.25) is 4.79 Å². The molecule has 2 rings (SSSR count). The van der Waals surface area contributed by atoms with Crippen molar-refractivity contribution in [1.82, 2.24) is 5.32 Å². The Kier molecular flexibility index (Phi) is 6.21. The zero-order valence-electron chi connectivity index (χ0n) is 12.8. The highest BCUT2D eigenvalue weighted by Gasteiger charge is 2.28. The molecule has 4 heteroatoms. The van der Waals surface area contributed by atoms with Crippen molar-refractivity contribution in [2.45, 2.75) is 44.2 Å². The maximum absolute atomic E-state index is 12.3. The van der Waals surface area contributed by atoms with Gasteiger partial charge in [-0.15, -0.1) is 0 Å². The number of ether oxygens (including phenoxy) is 1. The minimum Gasteiger partial charge on any atom is -0.380 e. The largest absolute Gasteiger partial charge is 0.380 e. The van der Waals surface area contributed by atoms with Crippen molar-refractivity contribution in [3.8, 4) is 0 Å². The summed E-state index contributed by atoms with van der Waals surface area (Å²) in [5, 5.41) is 3.20. The molecule has 1 fully saturated rings. The number of carbonyl (C=O) groups is 1. The fourth-order valence-electron chi connectivity index (χ4n) is 3.13. The summed E-state index contributed by atoms with van der Waals surface area (Å²) in [5.74, 6) is 0.559. The van der Waals surface area contributed by atoms with Crippen molar-refractivity contribution >= 4 is 5.91 Å². The van der Waals surface area contributed by atoms with Crippen LogP contribution in [0, 0.1) is 5.92 Å². The summed E-state index contributed by atoms with van der Waals surface area (Å²) in [6.45, 7) is 0.364. The molecule has 0 bridgehead atoms. The lowest BCUT2D eigenvalue weighted by Gasteiger charge is -2.26. The van der Waals surface area contributed by atoms with Gasteiger partial charge in [0.05, 0.1) is 18.6 Å². The van der Waals surface area contributed by atoms with Crippen LogP contribution in [0.3, 0.4) is 0 Å². The zero-order valence-corrected chi connectivity index (χ0v) is 12.8. The van der Waals surface area contributed by atoms with Crippen LogP contribution in [0.1, 0.15) is 43.7 Å². The first kappa shape index (κ1) is 16.0. The lowest BCUT2D eigenvalue weighted by atomic mass is 9.91. The number of nitrogens with two attached hydrogens (primary N) is 1. The van der Waals surface area contributed by atoms with Crippen molar-refractivity contribution in [3.63, 3.8) is 0 Å². The molecular weight excluding hydrogens is 264 g/mol. The van der Waals surface area contributed by atoms with E-state index in [-0.39, 0.29) is 18.1 Å². The second kappa shape index (κ2) is 8.15. The lowest BCUT2D eigenvalue weighted by Crippen LogP contribution is -2.36. The fourth-order valence-corrected chi connectivity index (χ4v) is 3.13. The fraction of sp³-hybridized carbons (Fsp3) is 0.588. The van der Waals surface area contributed by atoms with E-state index in [0.717, 1.165) is 0 Å². The maximum atomic E-state index is 12.3. The summed E-state index contributed by atoms with van der Waals surface area (Å²) in [6.07, 6.45) is 5.00. The number of rotatable bonds is 7. The highest BCUT2D eigenvalue weighted by atomic mass is 16.5. The molecule has 2 unspecified atom stereocenters. The molecule has 0 saturated heterocycles. The molecule has 3 N–H and O–H groups in total. The Balaban J connectivity index is 2.04. The SMILES string of the molecule is COC(CN)CC(=O)NC(c1ccccc1)C1CCCC1. The average Bonchev–Trinajstić information content (AvgIpc) is 3.05. The zero-order chi connectivity index (χ0) is 15.1. The highest BCUT2D eigenvalue weighted by Crippen LogP contribution is 2.35. The third-order valence-electron chi connectivity index (χ3n) is 4.36. The molecule has 0 aromatic heterocycles. The molecule has 0 aliphatic heterocycles. The number of benzene rings is 1. The van der Waals surface area contributed by atoms with Gasteiger partial charge in [-0.1, -0.05) is 43.2 Å². The standard InChI is InChI=1S/C17H26N2O2/c1-21-15(12-18)11-16(20)19-17(14-9-5-6-10-14)13-7-3-2-4-8-13/h2-4,7-8,14-15,17H,5-6,9-12,18H2,1H3,(H,19,20). The van der Waals surface area contributed by atoms with Crippen molar-refractivity contribution < 1.29 is 9.53 Å². The monoisotopic (exact) mass is 290 g/mol. The van der Waals surface area contributed by atoms with Crippen LogP contribution in [-0.2, 0) is 9.53 Å². The minimum atomic E-state index is -0.204. The summed E-state index contributed by atoms with van der Waals surface area (Å²) in [5.41, 5.74) is 6.78. The van der Waals surface area contributed by atoms with E-state index in [4.69, 9.17) is 10.5 Å². The van der Waals surface area contributed by atoms with Crippen LogP contribution in [0.25, 0.3) is 0 Å². The van der Waals surface area contributed by atoms with Crippen molar-refractivity contribution in [3.05, 3.63) is 35.9 Å². The van der Waals surface area contributed by atoms with E-state index in [9.17, 15) is 4.79 Å². The van der Waals surface area contributed by atoms with Crippen molar-refractivity contribution in [2.24, 2.45) is 11.7 Å². The molecular formula is C17H26N2O2. The Morgan fingerprint density at radius 1 is 1.33 bits per heavy atom. The van der Waals surface area contributed by atoms with E-state index < -0.39 is 0 Å². The molecule has 0 heterocycles. The molecule has 1 aliphatic rings. The second-order valence-electron chi connectivity index (χ2n) is 5.80. The van der Waals surface area contributed by atoms with Gasteiger partial charge in [0, 0.05) is 13.7 Å². The number of nitrogens with one attached hydrogen (secondary N) is 1. The van der Waals surface area contributed by atoms with Crippen LogP contribution in [-0.4, -0.2) is 25.7 Å². The van der Waals surface area contributed by atoms with E-state index in [1.807, 2.05) is 18.2 Å². The highest BCUT2D eigenvalue weighted by molar-refractivity contribution is 5.77. The smallest absolute Gasteiger partial charge is 0.223 e. The van der Waals surface area contributed by atoms with Crippen LogP contribution in [0.15, 0.2) is 30.3 Å². The Labute approximate surface area is 127 Å². The van der Waals surface area contributed by atoms with E-state index >= 15 is 0 Å². The van der Waals surface area contributed by atoms with Gasteiger partial charge in [0.15, 0.2) is 0 Å². The molecule has 0 radical (unpaired) electrons. The average molecular weight is 290 g/mol. The Bertz CT molecular complexity index is 426. The number of hydrogen-bond donors (Lipinski definition) is 2. The van der Waals surface area contributed by atoms with Crippen LogP contribution < -0.4 is 11.1 Å². The van der Waals surface area contributed by atoms with Gasteiger partial charge in [0.25, 0.3) is 0 Å². The van der Waals surface area contributed by atoms with E-state index in [0.29, 0.717) is 18.9 Å². The Morgan fingerprint density at radius 2 is 2.00 bits per heavy atom. The first-order valence-corrected chi connectivity index (χ1v) is 7.81. The molecule has 1 amide bonds. The number of amides is 1. The molecule has 1 aromatic rings. The maximum Gasteiger partial charge on any atom is 0.223 e.